The summed E-state index contributed by atoms with van der Waals surface area (Å²) in [6.45, 7) is 0.615. The van der Waals surface area contributed by atoms with Crippen molar-refractivity contribution in [3.05, 3.63) is 0 Å². The number of primary amides is 1. The van der Waals surface area contributed by atoms with Gasteiger partial charge in [0.1, 0.15) is 18.1 Å². The molecule has 15 nitrogen and oxygen atoms in total. The number of nitrogens with zero attached hydrogens (tertiary/aromatic N) is 1. The first-order chi connectivity index (χ1) is 17.4. The smallest absolute Gasteiger partial charge is 0.326 e. The van der Waals surface area contributed by atoms with Gasteiger partial charge in [0.2, 0.25) is 23.6 Å². The quantitative estimate of drug-likeness (QED) is 0.0412. The molecular formula is C21H41N9O6S. The van der Waals surface area contributed by atoms with E-state index in [-0.39, 0.29) is 31.8 Å². The summed E-state index contributed by atoms with van der Waals surface area (Å²) in [7, 11) is 0. The summed E-state index contributed by atoms with van der Waals surface area (Å²) in [5.74, 6) is -4.07. The standard InChI is InChI=1S/C21H41N9O6S/c1-37-10-7-13(28-17(32)12(23)5-2-3-8-22)18(33)30-15(11-16(24)31)19(34)29-14(20(35)36)6-4-9-27-21(25)26/h12-15H,2-11,22-23H2,1H3,(H2,24,31)(H,28,32)(H,29,34)(H,30,33)(H,35,36)(H4,25,26,27). The van der Waals surface area contributed by atoms with E-state index in [0.29, 0.717) is 31.6 Å². The number of aliphatic carboxylic acids is 1. The lowest BCUT2D eigenvalue weighted by Gasteiger charge is -2.24. The van der Waals surface area contributed by atoms with Crippen LogP contribution in [-0.4, -0.2) is 89.9 Å². The summed E-state index contributed by atoms with van der Waals surface area (Å²) in [6, 6.07) is -4.68. The molecule has 0 rings (SSSR count). The van der Waals surface area contributed by atoms with Gasteiger partial charge in [-0.05, 0) is 50.7 Å². The van der Waals surface area contributed by atoms with Crippen LogP contribution in [-0.2, 0) is 24.0 Å². The van der Waals surface area contributed by atoms with Crippen LogP contribution in [0, 0.1) is 0 Å². The predicted octanol–water partition coefficient (Wildman–Crippen LogP) is -3.34. The lowest BCUT2D eigenvalue weighted by atomic mass is 10.1. The van der Waals surface area contributed by atoms with Gasteiger partial charge in [-0.3, -0.25) is 24.2 Å². The normalized spacial score (nSPS) is 13.9. The number of carbonyl (C=O) groups is 5. The second kappa shape index (κ2) is 19.1. The van der Waals surface area contributed by atoms with E-state index in [1.54, 1.807) is 0 Å². The molecule has 0 spiro atoms. The van der Waals surface area contributed by atoms with Gasteiger partial charge >= 0.3 is 5.97 Å². The molecular weight excluding hydrogens is 506 g/mol. The monoisotopic (exact) mass is 547 g/mol. The van der Waals surface area contributed by atoms with Crippen molar-refractivity contribution in [2.45, 2.75) is 69.1 Å². The number of hydrogen-bond donors (Lipinski definition) is 9. The Morgan fingerprint density at radius 3 is 1.97 bits per heavy atom. The minimum Gasteiger partial charge on any atom is -0.480 e. The summed E-state index contributed by atoms with van der Waals surface area (Å²) < 4.78 is 0. The molecule has 0 aromatic heterocycles. The van der Waals surface area contributed by atoms with Gasteiger partial charge in [0.15, 0.2) is 5.96 Å². The highest BCUT2D eigenvalue weighted by Gasteiger charge is 2.31. The fourth-order valence-corrected chi connectivity index (χ4v) is 3.61. The molecule has 37 heavy (non-hydrogen) atoms. The summed E-state index contributed by atoms with van der Waals surface area (Å²) in [5.41, 5.74) is 27.1. The first kappa shape index (κ1) is 33.9. The Balaban J connectivity index is 5.39. The third-order valence-electron chi connectivity index (χ3n) is 5.15. The number of hydrogen-bond acceptors (Lipinski definition) is 9. The van der Waals surface area contributed by atoms with Crippen LogP contribution < -0.4 is 44.6 Å². The minimum atomic E-state index is -1.46. The molecule has 0 saturated heterocycles. The van der Waals surface area contributed by atoms with Crippen molar-refractivity contribution in [1.29, 1.82) is 0 Å². The SMILES string of the molecule is CSCCC(NC(=O)C(N)CCCCN)C(=O)NC(CC(N)=O)C(=O)NC(CCCN=C(N)N)C(=O)O. The number of carboxylic acid groups (broad SMARTS) is 1. The van der Waals surface area contributed by atoms with Crippen LogP contribution in [0.1, 0.15) is 44.9 Å². The van der Waals surface area contributed by atoms with Crippen LogP contribution in [0.15, 0.2) is 4.99 Å². The molecule has 0 aromatic carbocycles. The molecule has 0 bridgehead atoms. The van der Waals surface area contributed by atoms with E-state index >= 15 is 0 Å². The number of nitrogens with one attached hydrogen (secondary N) is 3. The van der Waals surface area contributed by atoms with Crippen molar-refractivity contribution >= 4 is 47.3 Å². The van der Waals surface area contributed by atoms with E-state index in [9.17, 15) is 29.1 Å². The number of aliphatic imine (C=N–C) groups is 1. The fourth-order valence-electron chi connectivity index (χ4n) is 3.14. The number of guanidine groups is 1. The molecule has 0 aromatic rings. The van der Waals surface area contributed by atoms with E-state index in [1.807, 2.05) is 6.26 Å². The Kier molecular flexibility index (Phi) is 17.5. The highest BCUT2D eigenvalue weighted by Crippen LogP contribution is 2.06. The van der Waals surface area contributed by atoms with Crippen LogP contribution in [0.5, 0.6) is 0 Å². The molecule has 16 heteroatoms. The maximum Gasteiger partial charge on any atom is 0.326 e. The van der Waals surface area contributed by atoms with Gasteiger partial charge in [-0.1, -0.05) is 6.42 Å². The lowest BCUT2D eigenvalue weighted by molar-refractivity contribution is -0.142. The summed E-state index contributed by atoms with van der Waals surface area (Å²) in [4.78, 5) is 65.2. The van der Waals surface area contributed by atoms with Crippen molar-refractivity contribution in [1.82, 2.24) is 16.0 Å². The maximum atomic E-state index is 13.0. The first-order valence-electron chi connectivity index (χ1n) is 11.8. The van der Waals surface area contributed by atoms with Crippen LogP contribution in [0.3, 0.4) is 0 Å². The Hall–Kier alpha value is -3.11. The van der Waals surface area contributed by atoms with Gasteiger partial charge < -0.3 is 49.7 Å². The molecule has 0 aliphatic heterocycles. The van der Waals surface area contributed by atoms with Gasteiger partial charge in [0.25, 0.3) is 0 Å². The number of thioether (sulfide) groups is 1. The Morgan fingerprint density at radius 2 is 1.43 bits per heavy atom. The van der Waals surface area contributed by atoms with Gasteiger partial charge in [0.05, 0.1) is 12.5 Å². The second-order valence-electron chi connectivity index (χ2n) is 8.31. The summed E-state index contributed by atoms with van der Waals surface area (Å²) >= 11 is 1.44. The molecule has 0 heterocycles. The molecule has 4 atom stereocenters. The van der Waals surface area contributed by atoms with Crippen molar-refractivity contribution in [3.63, 3.8) is 0 Å². The van der Waals surface area contributed by atoms with E-state index in [4.69, 9.17) is 28.7 Å². The lowest BCUT2D eigenvalue weighted by Crippen LogP contribution is -2.57. The van der Waals surface area contributed by atoms with Crippen LogP contribution in [0.4, 0.5) is 0 Å². The van der Waals surface area contributed by atoms with Gasteiger partial charge in [0, 0.05) is 6.54 Å². The van der Waals surface area contributed by atoms with Crippen molar-refractivity contribution in [2.75, 3.05) is 25.1 Å². The van der Waals surface area contributed by atoms with E-state index in [2.05, 4.69) is 20.9 Å². The molecule has 0 aliphatic rings. The third-order valence-corrected chi connectivity index (χ3v) is 5.79. The van der Waals surface area contributed by atoms with E-state index in [0.717, 1.165) is 0 Å². The largest absolute Gasteiger partial charge is 0.480 e. The average Bonchev–Trinajstić information content (AvgIpc) is 2.82. The van der Waals surface area contributed by atoms with Crippen LogP contribution in [0.2, 0.25) is 0 Å². The Labute approximate surface area is 220 Å². The number of carbonyl (C=O) groups excluding carboxylic acids is 4. The zero-order valence-corrected chi connectivity index (χ0v) is 21.9. The molecule has 14 N–H and O–H groups in total. The van der Waals surface area contributed by atoms with Crippen molar-refractivity contribution < 1.29 is 29.1 Å². The van der Waals surface area contributed by atoms with Gasteiger partial charge in [-0.15, -0.1) is 0 Å². The zero-order chi connectivity index (χ0) is 28.4. The maximum absolute atomic E-state index is 13.0. The Bertz CT molecular complexity index is 794. The van der Waals surface area contributed by atoms with Crippen molar-refractivity contribution in [2.24, 2.45) is 33.7 Å². The third kappa shape index (κ3) is 15.6. The second-order valence-corrected chi connectivity index (χ2v) is 9.30. The summed E-state index contributed by atoms with van der Waals surface area (Å²) in [5, 5.41) is 16.7. The predicted molar refractivity (Wildman–Crippen MR) is 141 cm³/mol. The molecule has 4 amide bonds. The number of carboxylic acids is 1. The molecule has 212 valence electrons. The van der Waals surface area contributed by atoms with Crippen LogP contribution >= 0.6 is 11.8 Å². The van der Waals surface area contributed by atoms with E-state index < -0.39 is 60.2 Å². The molecule has 0 aliphatic carbocycles. The topological polar surface area (TPSA) is 284 Å². The van der Waals surface area contributed by atoms with Gasteiger partial charge in [-0.25, -0.2) is 4.79 Å². The molecule has 4 unspecified atom stereocenters. The highest BCUT2D eigenvalue weighted by atomic mass is 32.2. The number of rotatable bonds is 20. The van der Waals surface area contributed by atoms with E-state index in [1.165, 1.54) is 11.8 Å². The number of unbranched alkanes of at least 4 members (excludes halogenated alkanes) is 1. The molecule has 0 fully saturated rings. The molecule has 0 saturated carbocycles. The van der Waals surface area contributed by atoms with Crippen LogP contribution in [0.25, 0.3) is 0 Å². The minimum absolute atomic E-state index is 0.0104. The first-order valence-corrected chi connectivity index (χ1v) is 13.2. The average molecular weight is 548 g/mol. The summed E-state index contributed by atoms with van der Waals surface area (Å²) in [6.07, 6.45) is 3.42. The Morgan fingerprint density at radius 1 is 0.838 bits per heavy atom. The highest BCUT2D eigenvalue weighted by molar-refractivity contribution is 7.98. The van der Waals surface area contributed by atoms with Gasteiger partial charge in [-0.2, -0.15) is 11.8 Å². The zero-order valence-electron chi connectivity index (χ0n) is 21.1. The number of nitrogens with two attached hydrogens (primary N) is 5. The molecule has 0 radical (unpaired) electrons. The van der Waals surface area contributed by atoms with Crippen molar-refractivity contribution in [3.8, 4) is 0 Å². The fraction of sp³-hybridized carbons (Fsp3) is 0.714. The number of amides is 4.